The van der Waals surface area contributed by atoms with Crippen LogP contribution in [-0.4, -0.2) is 41.3 Å². The number of hydrogen-bond donors (Lipinski definition) is 0. The summed E-state index contributed by atoms with van der Waals surface area (Å²) in [5, 5.41) is 0. The van der Waals surface area contributed by atoms with Crippen molar-refractivity contribution in [3.63, 3.8) is 0 Å². The summed E-state index contributed by atoms with van der Waals surface area (Å²) in [6.45, 7) is 7.77. The fraction of sp³-hybridized carbons (Fsp3) is 0.550. The Labute approximate surface area is 148 Å². The van der Waals surface area contributed by atoms with Crippen LogP contribution in [0.5, 0.6) is 5.75 Å². The van der Waals surface area contributed by atoms with E-state index >= 15 is 0 Å². The molecule has 5 heteroatoms. The van der Waals surface area contributed by atoms with Crippen LogP contribution in [0.1, 0.15) is 36.3 Å². The number of aromatic nitrogens is 1. The molecule has 4 rings (SSSR count). The lowest BCUT2D eigenvalue weighted by Crippen LogP contribution is -2.44. The number of hydrogen-bond acceptors (Lipinski definition) is 5. The molecule has 0 radical (unpaired) electrons. The molecule has 5 nitrogen and oxygen atoms in total. The van der Waals surface area contributed by atoms with Gasteiger partial charge in [0.15, 0.2) is 0 Å². The van der Waals surface area contributed by atoms with Crippen LogP contribution < -0.4 is 4.74 Å². The highest BCUT2D eigenvalue weighted by Crippen LogP contribution is 2.37. The third-order valence-corrected chi connectivity index (χ3v) is 5.48. The minimum atomic E-state index is -0.0155. The maximum atomic E-state index is 6.19. The minimum Gasteiger partial charge on any atom is -0.486 e. The van der Waals surface area contributed by atoms with E-state index in [9.17, 15) is 0 Å². The second-order valence-electron chi connectivity index (χ2n) is 7.35. The number of aryl methyl sites for hydroxylation is 2. The first kappa shape index (κ1) is 16.6. The third-order valence-electron chi connectivity index (χ3n) is 5.48. The summed E-state index contributed by atoms with van der Waals surface area (Å²) >= 11 is 0. The Bertz CT molecular complexity index is 685. The van der Waals surface area contributed by atoms with Crippen molar-refractivity contribution in [3.8, 4) is 5.75 Å². The van der Waals surface area contributed by atoms with Crippen LogP contribution in [-0.2, 0) is 11.3 Å². The molecule has 2 fully saturated rings. The van der Waals surface area contributed by atoms with E-state index < -0.39 is 0 Å². The van der Waals surface area contributed by atoms with E-state index in [1.807, 2.05) is 19.1 Å². The van der Waals surface area contributed by atoms with E-state index in [1.54, 1.807) is 12.4 Å². The monoisotopic (exact) mass is 342 g/mol. The summed E-state index contributed by atoms with van der Waals surface area (Å²) in [6.07, 6.45) is 6.73. The molecule has 2 aromatic rings. The van der Waals surface area contributed by atoms with E-state index in [-0.39, 0.29) is 11.7 Å². The average molecular weight is 342 g/mol. The van der Waals surface area contributed by atoms with Crippen LogP contribution in [0.2, 0.25) is 0 Å². The predicted octanol–water partition coefficient (Wildman–Crippen LogP) is 3.49. The fourth-order valence-electron chi connectivity index (χ4n) is 3.90. The van der Waals surface area contributed by atoms with Gasteiger partial charge in [-0.15, -0.1) is 0 Å². The first-order valence-corrected chi connectivity index (χ1v) is 9.11. The van der Waals surface area contributed by atoms with Gasteiger partial charge in [-0.25, -0.2) is 0 Å². The average Bonchev–Trinajstić information content (AvgIpc) is 3.14. The third kappa shape index (κ3) is 3.72. The lowest BCUT2D eigenvalue weighted by Gasteiger charge is -2.38. The van der Waals surface area contributed by atoms with E-state index in [2.05, 4.69) is 22.9 Å². The Kier molecular flexibility index (Phi) is 4.52. The predicted molar refractivity (Wildman–Crippen MR) is 94.6 cm³/mol. The standard InChI is InChI=1S/C20H26N2O3/c1-15-10-18(24-16(15)2)13-22-8-5-20(6-9-22)11-19(14-23-20)25-17-4-3-7-21-12-17/h3-4,7,10,12,19H,5-6,8-9,11,13-14H2,1-2H3. The molecule has 1 unspecified atom stereocenters. The van der Waals surface area contributed by atoms with E-state index in [0.29, 0.717) is 6.61 Å². The van der Waals surface area contributed by atoms with Crippen molar-refractivity contribution in [3.05, 3.63) is 47.7 Å². The zero-order chi connectivity index (χ0) is 17.3. The minimum absolute atomic E-state index is 0.0155. The van der Waals surface area contributed by atoms with Crippen molar-refractivity contribution in [2.45, 2.75) is 51.4 Å². The normalized spacial score (nSPS) is 23.2. The van der Waals surface area contributed by atoms with Gasteiger partial charge < -0.3 is 13.9 Å². The molecular formula is C20H26N2O3. The van der Waals surface area contributed by atoms with E-state index in [4.69, 9.17) is 13.9 Å². The molecule has 1 spiro atoms. The van der Waals surface area contributed by atoms with Gasteiger partial charge in [-0.2, -0.15) is 0 Å². The van der Waals surface area contributed by atoms with Crippen molar-refractivity contribution in [2.24, 2.45) is 0 Å². The van der Waals surface area contributed by atoms with Crippen LogP contribution in [0.25, 0.3) is 0 Å². The summed E-state index contributed by atoms with van der Waals surface area (Å²) in [7, 11) is 0. The van der Waals surface area contributed by atoms with Crippen LogP contribution in [0.4, 0.5) is 0 Å². The molecule has 2 aliphatic heterocycles. The number of likely N-dealkylation sites (tertiary alicyclic amines) is 1. The lowest BCUT2D eigenvalue weighted by atomic mass is 9.88. The molecule has 4 heterocycles. The highest BCUT2D eigenvalue weighted by Gasteiger charge is 2.43. The maximum Gasteiger partial charge on any atom is 0.138 e. The van der Waals surface area contributed by atoms with Crippen molar-refractivity contribution in [1.29, 1.82) is 0 Å². The molecule has 1 atom stereocenters. The Morgan fingerprint density at radius 3 is 2.84 bits per heavy atom. The molecule has 2 aromatic heterocycles. The van der Waals surface area contributed by atoms with Crippen molar-refractivity contribution < 1.29 is 13.9 Å². The van der Waals surface area contributed by atoms with Gasteiger partial charge in [0.2, 0.25) is 0 Å². The molecule has 0 aliphatic carbocycles. The number of piperidine rings is 1. The fourth-order valence-corrected chi connectivity index (χ4v) is 3.90. The van der Waals surface area contributed by atoms with Gasteiger partial charge >= 0.3 is 0 Å². The molecule has 0 aromatic carbocycles. The van der Waals surface area contributed by atoms with E-state index in [1.165, 1.54) is 5.56 Å². The summed E-state index contributed by atoms with van der Waals surface area (Å²) in [5.41, 5.74) is 1.22. The zero-order valence-corrected chi connectivity index (χ0v) is 15.0. The second-order valence-corrected chi connectivity index (χ2v) is 7.35. The van der Waals surface area contributed by atoms with Gasteiger partial charge in [0, 0.05) is 25.7 Å². The number of ether oxygens (including phenoxy) is 2. The smallest absolute Gasteiger partial charge is 0.138 e. The lowest BCUT2D eigenvalue weighted by molar-refractivity contribution is -0.0463. The number of nitrogens with zero attached hydrogens (tertiary/aromatic N) is 2. The number of pyridine rings is 1. The summed E-state index contributed by atoms with van der Waals surface area (Å²) < 4.78 is 18.0. The Hall–Kier alpha value is -1.85. The van der Waals surface area contributed by atoms with Crippen LogP contribution in [0.15, 0.2) is 35.0 Å². The molecule has 134 valence electrons. The highest BCUT2D eigenvalue weighted by molar-refractivity contribution is 5.19. The first-order valence-electron chi connectivity index (χ1n) is 9.11. The quantitative estimate of drug-likeness (QED) is 0.851. The largest absolute Gasteiger partial charge is 0.486 e. The van der Waals surface area contributed by atoms with Gasteiger partial charge in [0.05, 0.1) is 24.9 Å². The maximum absolute atomic E-state index is 6.19. The molecule has 2 aliphatic rings. The van der Waals surface area contributed by atoms with Crippen LogP contribution in [0, 0.1) is 13.8 Å². The first-order chi connectivity index (χ1) is 12.1. The van der Waals surface area contributed by atoms with Gasteiger partial charge in [-0.1, -0.05) is 0 Å². The summed E-state index contributed by atoms with van der Waals surface area (Å²) in [4.78, 5) is 6.57. The summed E-state index contributed by atoms with van der Waals surface area (Å²) in [5.74, 6) is 2.92. The topological polar surface area (TPSA) is 47.7 Å². The number of furan rings is 1. The molecule has 2 saturated heterocycles. The van der Waals surface area contributed by atoms with Crippen molar-refractivity contribution >= 4 is 0 Å². The summed E-state index contributed by atoms with van der Waals surface area (Å²) in [6, 6.07) is 6.01. The SMILES string of the molecule is Cc1cc(CN2CCC3(CC2)CC(Oc2cccnc2)CO3)oc1C. The molecule has 0 saturated carbocycles. The van der Waals surface area contributed by atoms with Gasteiger partial charge in [-0.05, 0) is 50.5 Å². The van der Waals surface area contributed by atoms with E-state index in [0.717, 1.165) is 56.2 Å². The Morgan fingerprint density at radius 2 is 2.16 bits per heavy atom. The Balaban J connectivity index is 1.29. The van der Waals surface area contributed by atoms with Crippen LogP contribution in [0.3, 0.4) is 0 Å². The van der Waals surface area contributed by atoms with Crippen LogP contribution >= 0.6 is 0 Å². The molecule has 25 heavy (non-hydrogen) atoms. The second kappa shape index (κ2) is 6.81. The number of rotatable bonds is 4. The molecule has 0 N–H and O–H groups in total. The van der Waals surface area contributed by atoms with Crippen molar-refractivity contribution in [1.82, 2.24) is 9.88 Å². The Morgan fingerprint density at radius 1 is 1.32 bits per heavy atom. The zero-order valence-electron chi connectivity index (χ0n) is 15.0. The molecule has 0 bridgehead atoms. The van der Waals surface area contributed by atoms with Gasteiger partial charge in [0.25, 0.3) is 0 Å². The molecule has 0 amide bonds. The highest BCUT2D eigenvalue weighted by atomic mass is 16.6. The molecular weight excluding hydrogens is 316 g/mol. The van der Waals surface area contributed by atoms with Crippen molar-refractivity contribution in [2.75, 3.05) is 19.7 Å². The van der Waals surface area contributed by atoms with Gasteiger partial charge in [-0.3, -0.25) is 9.88 Å². The van der Waals surface area contributed by atoms with Gasteiger partial charge in [0.1, 0.15) is 23.4 Å².